The number of nitrogens with one attached hydrogen (secondary N) is 1. The maximum absolute atomic E-state index is 12.0. The van der Waals surface area contributed by atoms with Gasteiger partial charge in [0.05, 0.1) is 5.52 Å². The Balaban J connectivity index is 2.25. The summed E-state index contributed by atoms with van der Waals surface area (Å²) in [6.07, 6.45) is 0. The zero-order chi connectivity index (χ0) is 13.4. The van der Waals surface area contributed by atoms with Crippen LogP contribution in [0.2, 0.25) is 0 Å². The van der Waals surface area contributed by atoms with Crippen molar-refractivity contribution in [1.82, 2.24) is 4.98 Å². The molecule has 0 aliphatic carbocycles. The van der Waals surface area contributed by atoms with E-state index in [1.54, 1.807) is 30.3 Å². The average molecular weight is 253 g/mol. The average Bonchev–Trinajstić information content (AvgIpc) is 2.38. The van der Waals surface area contributed by atoms with Crippen molar-refractivity contribution in [2.75, 3.05) is 0 Å². The highest BCUT2D eigenvalue weighted by molar-refractivity contribution is 5.82. The van der Waals surface area contributed by atoms with Gasteiger partial charge in [-0.2, -0.15) is 0 Å². The molecule has 0 radical (unpaired) electrons. The van der Waals surface area contributed by atoms with Crippen LogP contribution in [0.15, 0.2) is 53.3 Å². The molecule has 0 saturated heterocycles. The third kappa shape index (κ3) is 2.04. The number of hydrogen-bond acceptors (Lipinski definition) is 3. The lowest BCUT2D eigenvalue weighted by Gasteiger charge is -2.05. The number of aromatic hydroxyl groups is 2. The fraction of sp³-hybridized carbons (Fsp3) is 0. The Labute approximate surface area is 108 Å². The normalized spacial score (nSPS) is 10.7. The quantitative estimate of drug-likeness (QED) is 0.624. The summed E-state index contributed by atoms with van der Waals surface area (Å²) in [4.78, 5) is 15.1. The molecule has 0 amide bonds. The van der Waals surface area contributed by atoms with E-state index in [1.807, 2.05) is 0 Å². The lowest BCUT2D eigenvalue weighted by Crippen LogP contribution is -2.02. The van der Waals surface area contributed by atoms with E-state index in [1.165, 1.54) is 18.2 Å². The van der Waals surface area contributed by atoms with Crippen LogP contribution in [0.25, 0.3) is 22.2 Å². The van der Waals surface area contributed by atoms with E-state index in [2.05, 4.69) is 4.98 Å². The summed E-state index contributed by atoms with van der Waals surface area (Å²) in [7, 11) is 0. The minimum absolute atomic E-state index is 0.103. The summed E-state index contributed by atoms with van der Waals surface area (Å²) in [6, 6.07) is 12.6. The van der Waals surface area contributed by atoms with Crippen LogP contribution in [-0.4, -0.2) is 15.2 Å². The predicted octanol–water partition coefficient (Wildman–Crippen LogP) is 2.61. The van der Waals surface area contributed by atoms with Gasteiger partial charge in [0, 0.05) is 23.2 Å². The first-order valence-electron chi connectivity index (χ1n) is 5.79. The second-order valence-electron chi connectivity index (χ2n) is 4.32. The van der Waals surface area contributed by atoms with Gasteiger partial charge in [0.25, 0.3) is 0 Å². The zero-order valence-corrected chi connectivity index (χ0v) is 9.92. The minimum atomic E-state index is -0.114. The second kappa shape index (κ2) is 4.17. The number of aromatic amines is 1. The largest absolute Gasteiger partial charge is 0.508 e. The number of hydrogen-bond donors (Lipinski definition) is 3. The molecule has 1 aromatic heterocycles. The maximum atomic E-state index is 12.0. The van der Waals surface area contributed by atoms with Crippen molar-refractivity contribution in [3.8, 4) is 22.8 Å². The second-order valence-corrected chi connectivity index (χ2v) is 4.32. The molecule has 0 saturated carbocycles. The van der Waals surface area contributed by atoms with Crippen molar-refractivity contribution in [2.24, 2.45) is 0 Å². The molecule has 4 nitrogen and oxygen atoms in total. The molecule has 0 atom stereocenters. The van der Waals surface area contributed by atoms with Crippen molar-refractivity contribution in [3.63, 3.8) is 0 Å². The van der Waals surface area contributed by atoms with Crippen LogP contribution in [0.3, 0.4) is 0 Å². The molecule has 4 heteroatoms. The number of benzene rings is 2. The molecule has 0 fully saturated rings. The molecule has 2 aromatic carbocycles. The van der Waals surface area contributed by atoms with E-state index in [-0.39, 0.29) is 16.9 Å². The van der Waals surface area contributed by atoms with Crippen LogP contribution in [0.1, 0.15) is 0 Å². The summed E-state index contributed by atoms with van der Waals surface area (Å²) in [6.45, 7) is 0. The summed E-state index contributed by atoms with van der Waals surface area (Å²) in [5.74, 6) is 0.274. The van der Waals surface area contributed by atoms with Crippen LogP contribution in [0.5, 0.6) is 11.5 Å². The van der Waals surface area contributed by atoms with Crippen LogP contribution in [0.4, 0.5) is 0 Å². The molecule has 94 valence electrons. The van der Waals surface area contributed by atoms with Crippen LogP contribution in [-0.2, 0) is 0 Å². The zero-order valence-electron chi connectivity index (χ0n) is 9.92. The monoisotopic (exact) mass is 253 g/mol. The van der Waals surface area contributed by atoms with Gasteiger partial charge in [-0.05, 0) is 42.0 Å². The summed E-state index contributed by atoms with van der Waals surface area (Å²) >= 11 is 0. The van der Waals surface area contributed by atoms with Gasteiger partial charge in [-0.3, -0.25) is 4.79 Å². The number of pyridine rings is 1. The van der Waals surface area contributed by atoms with Gasteiger partial charge in [-0.25, -0.2) is 0 Å². The minimum Gasteiger partial charge on any atom is -0.508 e. The van der Waals surface area contributed by atoms with Crippen LogP contribution in [0, 0.1) is 0 Å². The molecule has 3 rings (SSSR count). The van der Waals surface area contributed by atoms with Gasteiger partial charge >= 0.3 is 0 Å². The summed E-state index contributed by atoms with van der Waals surface area (Å²) in [5.41, 5.74) is 1.90. The van der Waals surface area contributed by atoms with E-state index in [0.29, 0.717) is 16.6 Å². The first-order valence-corrected chi connectivity index (χ1v) is 5.79. The number of fused-ring (bicyclic) bond motifs is 1. The summed E-state index contributed by atoms with van der Waals surface area (Å²) in [5, 5.41) is 19.3. The first-order chi connectivity index (χ1) is 9.13. The lowest BCUT2D eigenvalue weighted by molar-refractivity contribution is 0.475. The summed E-state index contributed by atoms with van der Waals surface area (Å²) < 4.78 is 0. The van der Waals surface area contributed by atoms with Gasteiger partial charge in [-0.15, -0.1) is 0 Å². The van der Waals surface area contributed by atoms with Crippen LogP contribution < -0.4 is 5.43 Å². The Bertz CT molecular complexity index is 804. The molecular formula is C15H11NO3. The van der Waals surface area contributed by atoms with E-state index >= 15 is 0 Å². The van der Waals surface area contributed by atoms with E-state index in [0.717, 1.165) is 5.56 Å². The maximum Gasteiger partial charge on any atom is 0.190 e. The number of phenols is 2. The molecule has 19 heavy (non-hydrogen) atoms. The van der Waals surface area contributed by atoms with Crippen LogP contribution >= 0.6 is 0 Å². The molecular weight excluding hydrogens is 242 g/mol. The van der Waals surface area contributed by atoms with Gasteiger partial charge in [0.1, 0.15) is 11.5 Å². The fourth-order valence-corrected chi connectivity index (χ4v) is 2.04. The molecule has 3 N–H and O–H groups in total. The molecule has 0 bridgehead atoms. The van der Waals surface area contributed by atoms with Crippen molar-refractivity contribution in [2.45, 2.75) is 0 Å². The Hall–Kier alpha value is -2.75. The highest BCUT2D eigenvalue weighted by Gasteiger charge is 2.05. The molecule has 3 aromatic rings. The number of rotatable bonds is 1. The van der Waals surface area contributed by atoms with Crippen molar-refractivity contribution < 1.29 is 10.2 Å². The highest BCUT2D eigenvalue weighted by Crippen LogP contribution is 2.22. The molecule has 1 heterocycles. The number of H-pyrrole nitrogens is 1. The topological polar surface area (TPSA) is 73.3 Å². The van der Waals surface area contributed by atoms with Gasteiger partial charge < -0.3 is 15.2 Å². The molecule has 0 spiro atoms. The first kappa shape index (κ1) is 11.3. The number of phenolic OH excluding ortho intramolecular Hbond substituents is 2. The van der Waals surface area contributed by atoms with Crippen molar-refractivity contribution >= 4 is 10.9 Å². The highest BCUT2D eigenvalue weighted by atomic mass is 16.3. The molecule has 0 aliphatic rings. The number of aromatic nitrogens is 1. The standard InChI is InChI=1S/C15H11NO3/c17-10-3-1-9(2-4-10)13-8-15(19)12-6-5-11(18)7-14(12)16-13/h1-8,17-18H,(H,16,19). The van der Waals surface area contributed by atoms with Gasteiger partial charge in [-0.1, -0.05) is 0 Å². The van der Waals surface area contributed by atoms with E-state index < -0.39 is 0 Å². The lowest BCUT2D eigenvalue weighted by atomic mass is 10.1. The smallest absolute Gasteiger partial charge is 0.190 e. The van der Waals surface area contributed by atoms with Gasteiger partial charge in [0.2, 0.25) is 0 Å². The Morgan fingerprint density at radius 2 is 1.53 bits per heavy atom. The molecule has 0 unspecified atom stereocenters. The van der Waals surface area contributed by atoms with Crippen molar-refractivity contribution in [3.05, 3.63) is 58.8 Å². The Morgan fingerprint density at radius 3 is 2.26 bits per heavy atom. The Morgan fingerprint density at radius 1 is 0.842 bits per heavy atom. The predicted molar refractivity (Wildman–Crippen MR) is 73.3 cm³/mol. The van der Waals surface area contributed by atoms with E-state index in [4.69, 9.17) is 0 Å². The SMILES string of the molecule is O=c1cc(-c2ccc(O)cc2)[nH]c2cc(O)ccc12. The molecule has 0 aliphatic heterocycles. The van der Waals surface area contributed by atoms with E-state index in [9.17, 15) is 15.0 Å². The third-order valence-corrected chi connectivity index (χ3v) is 2.99. The third-order valence-electron chi connectivity index (χ3n) is 2.99. The Kier molecular flexibility index (Phi) is 2.49. The fourth-order valence-electron chi connectivity index (χ4n) is 2.04. The van der Waals surface area contributed by atoms with Crippen molar-refractivity contribution in [1.29, 1.82) is 0 Å². The van der Waals surface area contributed by atoms with Gasteiger partial charge in [0.15, 0.2) is 5.43 Å².